The summed E-state index contributed by atoms with van der Waals surface area (Å²) in [6.45, 7) is 1.23. The highest BCUT2D eigenvalue weighted by Gasteiger charge is 2.21. The molecule has 1 unspecified atom stereocenters. The zero-order valence-electron chi connectivity index (χ0n) is 11.5. The molecule has 0 fully saturated rings. The first-order valence-electron chi connectivity index (χ1n) is 6.15. The first-order valence-corrected chi connectivity index (χ1v) is 7.03. The molecule has 1 amide bonds. The molecular weight excluding hydrogens is 294 g/mol. The molecule has 0 aliphatic rings. The second kappa shape index (κ2) is 6.06. The summed E-state index contributed by atoms with van der Waals surface area (Å²) in [5, 5.41) is 22.8. The Morgan fingerprint density at radius 2 is 2.24 bits per heavy atom. The van der Waals surface area contributed by atoms with Crippen LogP contribution < -0.4 is 5.32 Å². The second-order valence-electron chi connectivity index (χ2n) is 4.52. The summed E-state index contributed by atoms with van der Waals surface area (Å²) in [4.78, 5) is 27.2. The molecule has 7 nitrogen and oxygen atoms in total. The molecule has 21 heavy (non-hydrogen) atoms. The summed E-state index contributed by atoms with van der Waals surface area (Å²) in [6, 6.07) is 0.317. The standard InChI is InChI=1S/C13H15N3O4S/c1-7-14-10(6-21-7)8-3-11(16(2)4-8)12(18)15-9(5-17)13(19)20/h3-4,6,9,17H,5H2,1-2H3,(H,15,18)(H,19,20). The van der Waals surface area contributed by atoms with Crippen LogP contribution >= 0.6 is 11.3 Å². The molecule has 2 aromatic heterocycles. The molecule has 0 bridgehead atoms. The van der Waals surface area contributed by atoms with Crippen molar-refractivity contribution < 1.29 is 19.8 Å². The van der Waals surface area contributed by atoms with E-state index >= 15 is 0 Å². The summed E-state index contributed by atoms with van der Waals surface area (Å²) in [7, 11) is 1.69. The van der Waals surface area contributed by atoms with Crippen LogP contribution in [0, 0.1) is 6.92 Å². The fourth-order valence-corrected chi connectivity index (χ4v) is 2.47. The van der Waals surface area contributed by atoms with Crippen LogP contribution in [0.1, 0.15) is 15.5 Å². The summed E-state index contributed by atoms with van der Waals surface area (Å²) >= 11 is 1.51. The van der Waals surface area contributed by atoms with Crippen molar-refractivity contribution in [3.63, 3.8) is 0 Å². The van der Waals surface area contributed by atoms with E-state index in [1.165, 1.54) is 11.3 Å². The van der Waals surface area contributed by atoms with Gasteiger partial charge in [0.1, 0.15) is 5.69 Å². The Hall–Kier alpha value is -2.19. The lowest BCUT2D eigenvalue weighted by molar-refractivity contribution is -0.140. The highest BCUT2D eigenvalue weighted by molar-refractivity contribution is 7.09. The van der Waals surface area contributed by atoms with Gasteiger partial charge in [-0.25, -0.2) is 9.78 Å². The summed E-state index contributed by atoms with van der Waals surface area (Å²) in [5.41, 5.74) is 1.85. The first-order chi connectivity index (χ1) is 9.92. The van der Waals surface area contributed by atoms with Gasteiger partial charge in [-0.05, 0) is 13.0 Å². The molecule has 112 valence electrons. The van der Waals surface area contributed by atoms with E-state index in [4.69, 9.17) is 10.2 Å². The molecular formula is C13H15N3O4S. The van der Waals surface area contributed by atoms with Crippen LogP contribution in [0.5, 0.6) is 0 Å². The highest BCUT2D eigenvalue weighted by Crippen LogP contribution is 2.23. The SMILES string of the molecule is Cc1nc(-c2cc(C(=O)NC(CO)C(=O)O)n(C)c2)cs1. The molecule has 0 aliphatic heterocycles. The van der Waals surface area contributed by atoms with E-state index in [-0.39, 0.29) is 0 Å². The number of aromatic nitrogens is 2. The molecule has 0 radical (unpaired) electrons. The third-order valence-corrected chi connectivity index (χ3v) is 3.71. The van der Waals surface area contributed by atoms with E-state index in [1.807, 2.05) is 12.3 Å². The monoisotopic (exact) mass is 309 g/mol. The van der Waals surface area contributed by atoms with E-state index < -0.39 is 24.5 Å². The summed E-state index contributed by atoms with van der Waals surface area (Å²) in [5.74, 6) is -1.84. The Morgan fingerprint density at radius 3 is 2.76 bits per heavy atom. The molecule has 0 aromatic carbocycles. The molecule has 0 spiro atoms. The van der Waals surface area contributed by atoms with Crippen molar-refractivity contribution in [2.24, 2.45) is 7.05 Å². The number of amides is 1. The predicted molar refractivity (Wildman–Crippen MR) is 77.2 cm³/mol. The van der Waals surface area contributed by atoms with Gasteiger partial charge in [0.2, 0.25) is 0 Å². The largest absolute Gasteiger partial charge is 0.480 e. The highest BCUT2D eigenvalue weighted by atomic mass is 32.1. The van der Waals surface area contributed by atoms with Crippen LogP contribution in [0.4, 0.5) is 0 Å². The predicted octanol–water partition coefficient (Wildman–Crippen LogP) is 0.632. The molecule has 2 heterocycles. The number of nitrogens with one attached hydrogen (secondary N) is 1. The van der Waals surface area contributed by atoms with E-state index in [9.17, 15) is 9.59 Å². The minimum Gasteiger partial charge on any atom is -0.480 e. The minimum absolute atomic E-state index is 0.301. The Morgan fingerprint density at radius 1 is 1.52 bits per heavy atom. The molecule has 0 saturated carbocycles. The summed E-state index contributed by atoms with van der Waals surface area (Å²) in [6.07, 6.45) is 1.75. The van der Waals surface area contributed by atoms with Crippen molar-refractivity contribution in [3.05, 3.63) is 28.3 Å². The number of hydrogen-bond acceptors (Lipinski definition) is 5. The number of aliphatic hydroxyl groups is 1. The molecule has 1 atom stereocenters. The van der Waals surface area contributed by atoms with E-state index in [1.54, 1.807) is 23.9 Å². The topological polar surface area (TPSA) is 104 Å². The van der Waals surface area contributed by atoms with Gasteiger partial charge in [-0.1, -0.05) is 0 Å². The number of aliphatic carboxylic acids is 1. The van der Waals surface area contributed by atoms with Gasteiger partial charge in [0, 0.05) is 24.2 Å². The zero-order valence-corrected chi connectivity index (χ0v) is 12.3. The van der Waals surface area contributed by atoms with Crippen molar-refractivity contribution >= 4 is 23.2 Å². The lowest BCUT2D eigenvalue weighted by Crippen LogP contribution is -2.43. The van der Waals surface area contributed by atoms with E-state index in [2.05, 4.69) is 10.3 Å². The number of hydrogen-bond donors (Lipinski definition) is 3. The number of carbonyl (C=O) groups is 2. The number of carboxylic acids is 1. The van der Waals surface area contributed by atoms with Crippen molar-refractivity contribution in [1.29, 1.82) is 0 Å². The fraction of sp³-hybridized carbons (Fsp3) is 0.308. The normalized spacial score (nSPS) is 12.1. The smallest absolute Gasteiger partial charge is 0.328 e. The van der Waals surface area contributed by atoms with Crippen molar-refractivity contribution in [1.82, 2.24) is 14.9 Å². The van der Waals surface area contributed by atoms with Crippen molar-refractivity contribution in [3.8, 4) is 11.3 Å². The number of thiazole rings is 1. The van der Waals surface area contributed by atoms with Gasteiger partial charge in [0.15, 0.2) is 6.04 Å². The third kappa shape index (κ3) is 3.29. The zero-order chi connectivity index (χ0) is 15.6. The van der Waals surface area contributed by atoms with Gasteiger partial charge in [-0.2, -0.15) is 0 Å². The van der Waals surface area contributed by atoms with Crippen molar-refractivity contribution in [2.45, 2.75) is 13.0 Å². The molecule has 3 N–H and O–H groups in total. The van der Waals surface area contributed by atoms with E-state index in [0.717, 1.165) is 16.3 Å². The Labute approximate surface area is 124 Å². The molecule has 0 aliphatic carbocycles. The van der Waals surface area contributed by atoms with Gasteiger partial charge in [-0.15, -0.1) is 11.3 Å². The lowest BCUT2D eigenvalue weighted by atomic mass is 10.2. The number of rotatable bonds is 5. The van der Waals surface area contributed by atoms with E-state index in [0.29, 0.717) is 5.69 Å². The fourth-order valence-electron chi connectivity index (χ4n) is 1.84. The molecule has 2 rings (SSSR count). The third-order valence-electron chi connectivity index (χ3n) is 2.94. The summed E-state index contributed by atoms with van der Waals surface area (Å²) < 4.78 is 1.59. The number of carboxylic acid groups (broad SMARTS) is 1. The van der Waals surface area contributed by atoms with Crippen LogP contribution in [0.2, 0.25) is 0 Å². The van der Waals surface area contributed by atoms with Crippen LogP contribution in [-0.2, 0) is 11.8 Å². The van der Waals surface area contributed by atoms with Crippen LogP contribution in [0.25, 0.3) is 11.3 Å². The molecule has 8 heteroatoms. The Balaban J connectivity index is 2.22. The molecule has 2 aromatic rings. The quantitative estimate of drug-likeness (QED) is 0.751. The Bertz CT molecular complexity index is 677. The number of aryl methyl sites for hydroxylation is 2. The Kier molecular flexibility index (Phi) is 4.39. The molecule has 0 saturated heterocycles. The number of nitrogens with zero attached hydrogens (tertiary/aromatic N) is 2. The van der Waals surface area contributed by atoms with Gasteiger partial charge in [-0.3, -0.25) is 4.79 Å². The second-order valence-corrected chi connectivity index (χ2v) is 5.59. The average molecular weight is 309 g/mol. The van der Waals surface area contributed by atoms with Crippen LogP contribution in [0.15, 0.2) is 17.6 Å². The number of carbonyl (C=O) groups excluding carboxylic acids is 1. The average Bonchev–Trinajstić information content (AvgIpc) is 3.01. The maximum absolute atomic E-state index is 12.1. The lowest BCUT2D eigenvalue weighted by Gasteiger charge is -2.11. The maximum atomic E-state index is 12.1. The van der Waals surface area contributed by atoms with Crippen molar-refractivity contribution in [2.75, 3.05) is 6.61 Å². The number of aliphatic hydroxyl groups excluding tert-OH is 1. The van der Waals surface area contributed by atoms with Crippen LogP contribution in [-0.4, -0.2) is 44.3 Å². The first kappa shape index (κ1) is 15.2. The van der Waals surface area contributed by atoms with Gasteiger partial charge < -0.3 is 20.1 Å². The van der Waals surface area contributed by atoms with Gasteiger partial charge >= 0.3 is 5.97 Å². The van der Waals surface area contributed by atoms with Crippen LogP contribution in [0.3, 0.4) is 0 Å². The van der Waals surface area contributed by atoms with Gasteiger partial charge in [0.25, 0.3) is 5.91 Å². The van der Waals surface area contributed by atoms with Gasteiger partial charge in [0.05, 0.1) is 17.3 Å². The maximum Gasteiger partial charge on any atom is 0.328 e. The minimum atomic E-state index is -1.32.